The Kier molecular flexibility index (Phi) is 17.1. The van der Waals surface area contributed by atoms with Crippen LogP contribution in [-0.4, -0.2) is 86.3 Å². The minimum absolute atomic E-state index is 0.214. The number of aryl methyl sites for hydroxylation is 1. The van der Waals surface area contributed by atoms with Crippen LogP contribution in [0.1, 0.15) is 87.5 Å². The number of hydrogen-bond acceptors (Lipinski definition) is 6. The number of benzene rings is 2. The molecular formula is C55H76N6O. The van der Waals surface area contributed by atoms with Crippen molar-refractivity contribution in [3.8, 4) is 16.9 Å². The molecule has 3 aliphatic rings. The molecule has 3 aliphatic heterocycles. The summed E-state index contributed by atoms with van der Waals surface area (Å²) in [7, 11) is 8.02. The van der Waals surface area contributed by atoms with E-state index in [1.807, 2.05) is 31.4 Å². The minimum Gasteiger partial charge on any atom is -0.496 e. The van der Waals surface area contributed by atoms with Crippen molar-refractivity contribution >= 4 is 35.8 Å². The van der Waals surface area contributed by atoms with Crippen LogP contribution in [0.25, 0.3) is 41.3 Å². The highest BCUT2D eigenvalue weighted by atomic mass is 16.5. The van der Waals surface area contributed by atoms with Gasteiger partial charge >= 0.3 is 0 Å². The maximum atomic E-state index is 5.75. The van der Waals surface area contributed by atoms with Crippen molar-refractivity contribution in [1.29, 1.82) is 0 Å². The Balaban J connectivity index is 0.000000247. The van der Waals surface area contributed by atoms with Crippen molar-refractivity contribution in [2.75, 3.05) is 65.9 Å². The molecule has 0 amide bonds. The van der Waals surface area contributed by atoms with Gasteiger partial charge in [0.15, 0.2) is 0 Å². The number of methoxy groups -OCH3 is 1. The number of likely N-dealkylation sites (tertiary alicyclic amines) is 1. The number of aromatic nitrogens is 1. The average molecular weight is 837 g/mol. The van der Waals surface area contributed by atoms with E-state index in [4.69, 9.17) is 4.74 Å². The first-order valence-electron chi connectivity index (χ1n) is 22.7. The summed E-state index contributed by atoms with van der Waals surface area (Å²) in [6, 6.07) is 11.5. The molecule has 1 atom stereocenters. The van der Waals surface area contributed by atoms with Gasteiger partial charge in [0.1, 0.15) is 5.75 Å². The molecule has 2 aromatic carbocycles. The van der Waals surface area contributed by atoms with Crippen molar-refractivity contribution in [1.82, 2.24) is 24.6 Å². The molecule has 0 aliphatic carbocycles. The van der Waals surface area contributed by atoms with E-state index in [9.17, 15) is 0 Å². The Hall–Kier alpha value is -5.24. The van der Waals surface area contributed by atoms with Gasteiger partial charge in [-0.1, -0.05) is 88.9 Å². The highest BCUT2D eigenvalue weighted by molar-refractivity contribution is 5.75. The fraction of sp³-hybridized carbons (Fsp3) is 0.418. The number of rotatable bonds is 17. The van der Waals surface area contributed by atoms with Crippen molar-refractivity contribution < 1.29 is 4.74 Å². The molecule has 3 aromatic rings. The lowest BCUT2D eigenvalue weighted by atomic mass is 9.77. The SMILES string of the molecule is C=C/C=c1/c(-c2cc(CC)c(CN(C)C)c(OC)c2)cn(C=C)/c1=C/C.C=CCCCCN1CCC2(CC1)CCN(c1ccc(C(=C)N(C)C3CCC(=C)NC3=C)c(C=C)c1)C2. The third-order valence-corrected chi connectivity index (χ3v) is 13.3. The molecule has 1 N–H and O–H groups in total. The Labute approximate surface area is 375 Å². The van der Waals surface area contributed by atoms with Gasteiger partial charge in [-0.3, -0.25) is 0 Å². The number of unbranched alkanes of at least 4 members (excludes halogenated alkanes) is 2. The first-order chi connectivity index (χ1) is 29.9. The normalized spacial score (nSPS) is 18.0. The van der Waals surface area contributed by atoms with Crippen molar-refractivity contribution in [3.05, 3.63) is 139 Å². The van der Waals surface area contributed by atoms with Crippen LogP contribution in [0.15, 0.2) is 106 Å². The zero-order chi connectivity index (χ0) is 45.0. The van der Waals surface area contributed by atoms with Gasteiger partial charge in [0.2, 0.25) is 0 Å². The lowest BCUT2D eigenvalue weighted by Gasteiger charge is -2.39. The zero-order valence-electron chi connectivity index (χ0n) is 39.2. The highest BCUT2D eigenvalue weighted by Crippen LogP contribution is 2.43. The Morgan fingerprint density at radius 3 is 2.35 bits per heavy atom. The summed E-state index contributed by atoms with van der Waals surface area (Å²) in [6.07, 6.45) is 24.5. The summed E-state index contributed by atoms with van der Waals surface area (Å²) in [4.78, 5) is 9.70. The second-order valence-corrected chi connectivity index (χ2v) is 17.7. The van der Waals surface area contributed by atoms with E-state index in [1.165, 1.54) is 75.1 Å². The molecule has 1 spiro atoms. The monoisotopic (exact) mass is 837 g/mol. The Morgan fingerprint density at radius 2 is 1.74 bits per heavy atom. The molecule has 1 unspecified atom stereocenters. The predicted octanol–water partition coefficient (Wildman–Crippen LogP) is 10.3. The zero-order valence-corrected chi connectivity index (χ0v) is 39.2. The molecule has 4 heterocycles. The molecular weight excluding hydrogens is 761 g/mol. The fourth-order valence-corrected chi connectivity index (χ4v) is 9.67. The Bertz CT molecular complexity index is 2210. The first kappa shape index (κ1) is 47.8. The smallest absolute Gasteiger partial charge is 0.124 e. The van der Waals surface area contributed by atoms with E-state index in [2.05, 4.69) is 152 Å². The van der Waals surface area contributed by atoms with Gasteiger partial charge in [0.05, 0.1) is 13.2 Å². The predicted molar refractivity (Wildman–Crippen MR) is 270 cm³/mol. The van der Waals surface area contributed by atoms with Crippen LogP contribution < -0.4 is 25.5 Å². The number of nitrogens with zero attached hydrogens (tertiary/aromatic N) is 5. The number of likely N-dealkylation sites (N-methyl/N-ethyl adjacent to an activating group) is 1. The van der Waals surface area contributed by atoms with Gasteiger partial charge in [0.25, 0.3) is 0 Å². The summed E-state index contributed by atoms with van der Waals surface area (Å²) in [6.45, 7) is 39.7. The average Bonchev–Trinajstić information content (AvgIpc) is 3.86. The van der Waals surface area contributed by atoms with E-state index in [0.717, 1.165) is 94.4 Å². The number of hydrogen-bond donors (Lipinski definition) is 1. The van der Waals surface area contributed by atoms with Crippen LogP contribution >= 0.6 is 0 Å². The molecule has 332 valence electrons. The van der Waals surface area contributed by atoms with Gasteiger partial charge in [0, 0.05) is 89.1 Å². The van der Waals surface area contributed by atoms with E-state index in [0.29, 0.717) is 5.41 Å². The number of anilines is 1. The molecule has 7 nitrogen and oxygen atoms in total. The van der Waals surface area contributed by atoms with Gasteiger partial charge in [-0.2, -0.15) is 0 Å². The standard InChI is InChI=1S/C32H46N4.C23H30N2O/c1-7-9-10-11-19-35-20-16-32(17-21-35)18-22-36(24-32)29-13-14-30(28(8-2)23-29)27(5)34(6)31-15-12-25(3)33-26(31)4;1-8-12-19-20(16-25(11-4)22(19)10-3)18-13-17(9-2)21(15-24(5)6)23(14-18)26-7/h7-8,13-14,23,31,33H,1-5,9-12,15-22,24H2,6H3;8,10-14,16H,1,4,9,15H2,2-3,5-7H3/b;19-12-,22-10+. The molecule has 3 fully saturated rings. The number of nitrogens with one attached hydrogen (secondary N) is 1. The number of ether oxygens (including phenoxy) is 1. The van der Waals surface area contributed by atoms with Gasteiger partial charge < -0.3 is 34.2 Å². The van der Waals surface area contributed by atoms with Crippen LogP contribution in [0, 0.1) is 5.41 Å². The second-order valence-electron chi connectivity index (χ2n) is 17.7. The van der Waals surface area contributed by atoms with E-state index in [-0.39, 0.29) is 6.04 Å². The molecule has 3 saturated heterocycles. The van der Waals surface area contributed by atoms with E-state index in [1.54, 1.807) is 7.11 Å². The first-order valence-corrected chi connectivity index (χ1v) is 22.7. The summed E-state index contributed by atoms with van der Waals surface area (Å²) in [5.74, 6) is 0.936. The highest BCUT2D eigenvalue weighted by Gasteiger charge is 2.40. The molecule has 62 heavy (non-hydrogen) atoms. The number of piperidine rings is 2. The Morgan fingerprint density at radius 1 is 1.00 bits per heavy atom. The van der Waals surface area contributed by atoms with Crippen LogP contribution in [0.3, 0.4) is 0 Å². The maximum Gasteiger partial charge on any atom is 0.124 e. The quantitative estimate of drug-likeness (QED) is 0.108. The lowest BCUT2D eigenvalue weighted by Crippen LogP contribution is -2.42. The molecule has 0 saturated carbocycles. The summed E-state index contributed by atoms with van der Waals surface area (Å²) >= 11 is 0. The van der Waals surface area contributed by atoms with Crippen LogP contribution in [-0.2, 0) is 13.0 Å². The van der Waals surface area contributed by atoms with Gasteiger partial charge in [-0.05, 0) is 139 Å². The van der Waals surface area contributed by atoms with Gasteiger partial charge in [-0.25, -0.2) is 0 Å². The summed E-state index contributed by atoms with van der Waals surface area (Å²) < 4.78 is 7.80. The maximum absolute atomic E-state index is 5.75. The van der Waals surface area contributed by atoms with Crippen LogP contribution in [0.2, 0.25) is 0 Å². The summed E-state index contributed by atoms with van der Waals surface area (Å²) in [5.41, 5.74) is 12.0. The molecule has 1 aromatic heterocycles. The molecule has 0 radical (unpaired) electrons. The molecule has 6 rings (SSSR count). The van der Waals surface area contributed by atoms with Gasteiger partial charge in [-0.15, -0.1) is 6.58 Å². The van der Waals surface area contributed by atoms with Crippen molar-refractivity contribution in [3.63, 3.8) is 0 Å². The third kappa shape index (κ3) is 11.2. The molecule has 0 bridgehead atoms. The molecule has 7 heteroatoms. The fourth-order valence-electron chi connectivity index (χ4n) is 9.67. The third-order valence-electron chi connectivity index (χ3n) is 13.3. The second kappa shape index (κ2) is 22.2. The number of allylic oxidation sites excluding steroid dienone is 3. The van der Waals surface area contributed by atoms with Crippen LogP contribution in [0.4, 0.5) is 5.69 Å². The van der Waals surface area contributed by atoms with Crippen molar-refractivity contribution in [2.24, 2.45) is 5.41 Å². The largest absolute Gasteiger partial charge is 0.496 e. The van der Waals surface area contributed by atoms with Crippen LogP contribution in [0.5, 0.6) is 5.75 Å². The lowest BCUT2D eigenvalue weighted by molar-refractivity contribution is 0.119. The van der Waals surface area contributed by atoms with Crippen molar-refractivity contribution in [2.45, 2.75) is 84.2 Å². The minimum atomic E-state index is 0.214. The topological polar surface area (TPSA) is 39.2 Å². The summed E-state index contributed by atoms with van der Waals surface area (Å²) in [5, 5.41) is 5.59. The van der Waals surface area contributed by atoms with E-state index < -0.39 is 0 Å². The van der Waals surface area contributed by atoms with E-state index >= 15 is 0 Å².